The molecule has 3 unspecified atom stereocenters. The van der Waals surface area contributed by atoms with Gasteiger partial charge in [-0.05, 0) is 19.8 Å². The first-order valence-electron chi connectivity index (χ1n) is 4.49. The van der Waals surface area contributed by atoms with Crippen LogP contribution in [0.1, 0.15) is 32.6 Å². The zero-order valence-corrected chi connectivity index (χ0v) is 6.88. The Hall–Kier alpha value is -0.530. The van der Waals surface area contributed by atoms with Gasteiger partial charge in [-0.3, -0.25) is 4.79 Å². The van der Waals surface area contributed by atoms with Crippen molar-refractivity contribution in [3.8, 4) is 0 Å². The van der Waals surface area contributed by atoms with Crippen molar-refractivity contribution >= 4 is 5.97 Å². The lowest BCUT2D eigenvalue weighted by Crippen LogP contribution is -2.22. The van der Waals surface area contributed by atoms with Crippen LogP contribution in [-0.4, -0.2) is 12.1 Å². The molecule has 0 N–H and O–H groups in total. The van der Waals surface area contributed by atoms with Gasteiger partial charge in [-0.25, -0.2) is 0 Å². The van der Waals surface area contributed by atoms with Crippen molar-refractivity contribution in [3.05, 3.63) is 0 Å². The van der Waals surface area contributed by atoms with Gasteiger partial charge in [0, 0.05) is 5.92 Å². The van der Waals surface area contributed by atoms with E-state index in [0.29, 0.717) is 5.92 Å². The zero-order valence-electron chi connectivity index (χ0n) is 6.88. The Labute approximate surface area is 66.9 Å². The first-order chi connectivity index (χ1) is 5.29. The Morgan fingerprint density at radius 1 is 1.36 bits per heavy atom. The molecule has 62 valence electrons. The van der Waals surface area contributed by atoms with Crippen LogP contribution in [0.3, 0.4) is 0 Å². The molecule has 0 aromatic carbocycles. The van der Waals surface area contributed by atoms with Gasteiger partial charge >= 0.3 is 5.97 Å². The third kappa shape index (κ3) is 1.05. The van der Waals surface area contributed by atoms with Crippen LogP contribution in [0.2, 0.25) is 0 Å². The van der Waals surface area contributed by atoms with Gasteiger partial charge in [-0.1, -0.05) is 12.8 Å². The van der Waals surface area contributed by atoms with Gasteiger partial charge in [0.15, 0.2) is 0 Å². The van der Waals surface area contributed by atoms with E-state index in [2.05, 4.69) is 0 Å². The summed E-state index contributed by atoms with van der Waals surface area (Å²) in [5.74, 6) is 0.845. The van der Waals surface area contributed by atoms with Crippen molar-refractivity contribution in [1.82, 2.24) is 0 Å². The highest BCUT2D eigenvalue weighted by atomic mass is 16.6. The minimum absolute atomic E-state index is 0.0576. The Morgan fingerprint density at radius 2 is 2.09 bits per heavy atom. The van der Waals surface area contributed by atoms with E-state index in [1.54, 1.807) is 0 Å². The lowest BCUT2D eigenvalue weighted by atomic mass is 9.79. The second-order valence-corrected chi connectivity index (χ2v) is 3.70. The normalized spacial score (nSPS) is 43.4. The van der Waals surface area contributed by atoms with Gasteiger partial charge < -0.3 is 4.74 Å². The molecule has 1 saturated heterocycles. The standard InChI is InChI=1S/C9H14O2/c1-6-7-4-2-3-5-8(7)9(10)11-6/h6-8H,2-5H2,1H3. The van der Waals surface area contributed by atoms with E-state index < -0.39 is 0 Å². The number of fused-ring (bicyclic) bond motifs is 1. The van der Waals surface area contributed by atoms with E-state index in [0.717, 1.165) is 6.42 Å². The maximum Gasteiger partial charge on any atom is 0.309 e. The molecule has 2 rings (SSSR count). The van der Waals surface area contributed by atoms with Crippen LogP contribution in [0.4, 0.5) is 0 Å². The van der Waals surface area contributed by atoms with Crippen LogP contribution in [-0.2, 0) is 9.53 Å². The Kier molecular flexibility index (Phi) is 1.63. The minimum Gasteiger partial charge on any atom is -0.462 e. The fourth-order valence-electron chi connectivity index (χ4n) is 2.37. The van der Waals surface area contributed by atoms with Crippen molar-refractivity contribution in [2.24, 2.45) is 11.8 Å². The van der Waals surface area contributed by atoms with E-state index in [-0.39, 0.29) is 18.0 Å². The summed E-state index contributed by atoms with van der Waals surface area (Å²) in [4.78, 5) is 11.2. The molecule has 1 saturated carbocycles. The van der Waals surface area contributed by atoms with Gasteiger partial charge in [-0.15, -0.1) is 0 Å². The molecule has 2 aliphatic rings. The summed E-state index contributed by atoms with van der Waals surface area (Å²) < 4.78 is 5.17. The fraction of sp³-hybridized carbons (Fsp3) is 0.889. The third-order valence-corrected chi connectivity index (χ3v) is 3.03. The summed E-state index contributed by atoms with van der Waals surface area (Å²) in [5, 5.41) is 0. The van der Waals surface area contributed by atoms with Crippen molar-refractivity contribution < 1.29 is 9.53 Å². The second kappa shape index (κ2) is 2.50. The number of rotatable bonds is 0. The summed E-state index contributed by atoms with van der Waals surface area (Å²) >= 11 is 0. The molecule has 1 aliphatic heterocycles. The molecule has 0 aromatic rings. The van der Waals surface area contributed by atoms with Crippen LogP contribution < -0.4 is 0 Å². The third-order valence-electron chi connectivity index (χ3n) is 3.03. The number of hydrogen-bond acceptors (Lipinski definition) is 2. The molecule has 2 fully saturated rings. The summed E-state index contributed by atoms with van der Waals surface area (Å²) in [6.07, 6.45) is 4.93. The Bertz CT molecular complexity index is 176. The summed E-state index contributed by atoms with van der Waals surface area (Å²) in [7, 11) is 0. The number of carbonyl (C=O) groups excluding carboxylic acids is 1. The quantitative estimate of drug-likeness (QED) is 0.497. The average Bonchev–Trinajstić information content (AvgIpc) is 2.30. The van der Waals surface area contributed by atoms with Gasteiger partial charge in [0.1, 0.15) is 6.10 Å². The van der Waals surface area contributed by atoms with E-state index >= 15 is 0 Å². The molecule has 11 heavy (non-hydrogen) atoms. The molecular weight excluding hydrogens is 140 g/mol. The lowest BCUT2D eigenvalue weighted by molar-refractivity contribution is -0.143. The summed E-state index contributed by atoms with van der Waals surface area (Å²) in [6.45, 7) is 2.02. The Morgan fingerprint density at radius 3 is 2.82 bits per heavy atom. The van der Waals surface area contributed by atoms with E-state index in [1.807, 2.05) is 6.92 Å². The number of hydrogen-bond donors (Lipinski definition) is 0. The van der Waals surface area contributed by atoms with E-state index in [4.69, 9.17) is 4.74 Å². The molecule has 2 nitrogen and oxygen atoms in total. The molecule has 0 spiro atoms. The van der Waals surface area contributed by atoms with Crippen LogP contribution >= 0.6 is 0 Å². The number of carbonyl (C=O) groups is 1. The van der Waals surface area contributed by atoms with Gasteiger partial charge in [0.2, 0.25) is 0 Å². The topological polar surface area (TPSA) is 26.3 Å². The number of esters is 1. The van der Waals surface area contributed by atoms with Crippen LogP contribution in [0.15, 0.2) is 0 Å². The largest absolute Gasteiger partial charge is 0.462 e. The predicted octanol–water partition coefficient (Wildman–Crippen LogP) is 1.74. The monoisotopic (exact) mass is 154 g/mol. The molecule has 0 radical (unpaired) electrons. The fourth-order valence-corrected chi connectivity index (χ4v) is 2.37. The van der Waals surface area contributed by atoms with Crippen LogP contribution in [0.5, 0.6) is 0 Å². The average molecular weight is 154 g/mol. The molecule has 1 heterocycles. The molecule has 2 heteroatoms. The minimum atomic E-state index is 0.0576. The van der Waals surface area contributed by atoms with Gasteiger partial charge in [0.05, 0.1) is 5.92 Å². The SMILES string of the molecule is CC1OC(=O)C2CCCCC12. The lowest BCUT2D eigenvalue weighted by Gasteiger charge is -2.22. The van der Waals surface area contributed by atoms with Crippen LogP contribution in [0, 0.1) is 11.8 Å². The summed E-state index contributed by atoms with van der Waals surface area (Å²) in [6, 6.07) is 0. The molecule has 0 amide bonds. The number of cyclic esters (lactones) is 1. The highest BCUT2D eigenvalue weighted by Gasteiger charge is 2.42. The predicted molar refractivity (Wildman–Crippen MR) is 41.0 cm³/mol. The highest BCUT2D eigenvalue weighted by molar-refractivity contribution is 5.75. The summed E-state index contributed by atoms with van der Waals surface area (Å²) in [5.41, 5.74) is 0. The second-order valence-electron chi connectivity index (χ2n) is 3.70. The molecule has 0 aromatic heterocycles. The molecule has 3 atom stereocenters. The van der Waals surface area contributed by atoms with Crippen molar-refractivity contribution in [2.75, 3.05) is 0 Å². The molecule has 0 bridgehead atoms. The highest BCUT2D eigenvalue weighted by Crippen LogP contribution is 2.39. The Balaban J connectivity index is 2.13. The number of ether oxygens (including phenoxy) is 1. The molecule has 1 aliphatic carbocycles. The first kappa shape index (κ1) is 7.14. The first-order valence-corrected chi connectivity index (χ1v) is 4.49. The maximum atomic E-state index is 11.2. The van der Waals surface area contributed by atoms with E-state index in [9.17, 15) is 4.79 Å². The van der Waals surface area contributed by atoms with Crippen molar-refractivity contribution in [1.29, 1.82) is 0 Å². The van der Waals surface area contributed by atoms with Crippen LogP contribution in [0.25, 0.3) is 0 Å². The zero-order chi connectivity index (χ0) is 7.84. The van der Waals surface area contributed by atoms with Gasteiger partial charge in [-0.2, -0.15) is 0 Å². The van der Waals surface area contributed by atoms with Gasteiger partial charge in [0.25, 0.3) is 0 Å². The molecular formula is C9H14O2. The van der Waals surface area contributed by atoms with Crippen molar-refractivity contribution in [3.63, 3.8) is 0 Å². The van der Waals surface area contributed by atoms with E-state index in [1.165, 1.54) is 19.3 Å². The maximum absolute atomic E-state index is 11.2. The van der Waals surface area contributed by atoms with Crippen molar-refractivity contribution in [2.45, 2.75) is 38.7 Å². The smallest absolute Gasteiger partial charge is 0.309 e.